The van der Waals surface area contributed by atoms with Crippen LogP contribution in [-0.4, -0.2) is 93.1 Å². The van der Waals surface area contributed by atoms with Gasteiger partial charge >= 0.3 is 11.9 Å². The second-order valence-corrected chi connectivity index (χ2v) is 6.71. The lowest BCUT2D eigenvalue weighted by atomic mass is 10.1. The summed E-state index contributed by atoms with van der Waals surface area (Å²) in [5.74, 6) is -6.54. The predicted octanol–water partition coefficient (Wildman–Crippen LogP) is -4.30. The average Bonchev–Trinajstić information content (AvgIpc) is 3.14. The standard InChI is InChI=1S/C16H25N5O9/c17-7(6-22)13(26)19-8(5-12(24)25)15(28)21-3-1-2-10(21)14(27)20-9(16(29)30)4-11(18)23/h7-10,22H,1-6,17H2,(H2,18,23)(H,19,26)(H,20,27)(H,24,25)(H,29,30). The van der Waals surface area contributed by atoms with E-state index in [2.05, 4.69) is 10.6 Å². The van der Waals surface area contributed by atoms with Gasteiger partial charge in [-0.2, -0.15) is 0 Å². The molecule has 1 heterocycles. The normalized spacial score (nSPS) is 18.7. The summed E-state index contributed by atoms with van der Waals surface area (Å²) in [7, 11) is 0. The van der Waals surface area contributed by atoms with E-state index in [4.69, 9.17) is 26.8 Å². The van der Waals surface area contributed by atoms with E-state index in [1.807, 2.05) is 0 Å². The van der Waals surface area contributed by atoms with Crippen LogP contribution in [0.5, 0.6) is 0 Å². The number of carboxylic acid groups (broad SMARTS) is 2. The molecule has 1 saturated heterocycles. The molecule has 4 unspecified atom stereocenters. The van der Waals surface area contributed by atoms with E-state index < -0.39 is 79.2 Å². The van der Waals surface area contributed by atoms with Crippen LogP contribution in [0.2, 0.25) is 0 Å². The van der Waals surface area contributed by atoms with E-state index in [0.29, 0.717) is 6.42 Å². The van der Waals surface area contributed by atoms with E-state index in [1.54, 1.807) is 0 Å². The SMILES string of the molecule is NC(=O)CC(NC(=O)C1CCCN1C(=O)C(CC(=O)O)NC(=O)C(N)CO)C(=O)O. The first kappa shape index (κ1) is 24.8. The minimum atomic E-state index is -1.59. The summed E-state index contributed by atoms with van der Waals surface area (Å²) >= 11 is 0. The summed E-state index contributed by atoms with van der Waals surface area (Å²) in [6, 6.07) is -5.66. The fraction of sp³-hybridized carbons (Fsp3) is 0.625. The number of likely N-dealkylation sites (tertiary alicyclic amines) is 1. The Hall–Kier alpha value is -3.26. The molecule has 1 fully saturated rings. The molecule has 14 heteroatoms. The summed E-state index contributed by atoms with van der Waals surface area (Å²) in [6.45, 7) is -0.673. The number of amides is 4. The highest BCUT2D eigenvalue weighted by Crippen LogP contribution is 2.20. The maximum Gasteiger partial charge on any atom is 0.326 e. The van der Waals surface area contributed by atoms with Crippen LogP contribution in [0.1, 0.15) is 25.7 Å². The molecule has 0 aliphatic carbocycles. The Morgan fingerprint density at radius 1 is 1.03 bits per heavy atom. The third-order valence-electron chi connectivity index (χ3n) is 4.39. The number of nitrogens with two attached hydrogens (primary N) is 2. The van der Waals surface area contributed by atoms with Crippen LogP contribution in [0.15, 0.2) is 0 Å². The molecular weight excluding hydrogens is 406 g/mol. The molecule has 1 rings (SSSR count). The Morgan fingerprint density at radius 2 is 1.67 bits per heavy atom. The summed E-state index contributed by atoms with van der Waals surface area (Å²) < 4.78 is 0. The van der Waals surface area contributed by atoms with E-state index in [-0.39, 0.29) is 13.0 Å². The molecular formula is C16H25N5O9. The van der Waals surface area contributed by atoms with Crippen LogP contribution >= 0.6 is 0 Å². The number of aliphatic hydroxyl groups is 1. The van der Waals surface area contributed by atoms with Gasteiger partial charge in [0.25, 0.3) is 0 Å². The van der Waals surface area contributed by atoms with E-state index in [1.165, 1.54) is 0 Å². The third-order valence-corrected chi connectivity index (χ3v) is 4.39. The molecule has 0 saturated carbocycles. The van der Waals surface area contributed by atoms with Gasteiger partial charge in [-0.3, -0.25) is 24.0 Å². The Morgan fingerprint density at radius 3 is 2.17 bits per heavy atom. The number of carbonyl (C=O) groups excluding carboxylic acids is 4. The average molecular weight is 431 g/mol. The van der Waals surface area contributed by atoms with Crippen molar-refractivity contribution in [3.8, 4) is 0 Å². The lowest BCUT2D eigenvalue weighted by Crippen LogP contribution is -2.57. The van der Waals surface area contributed by atoms with Crippen molar-refractivity contribution in [1.82, 2.24) is 15.5 Å². The number of carboxylic acids is 2. The highest BCUT2D eigenvalue weighted by Gasteiger charge is 2.39. The number of aliphatic hydroxyl groups excluding tert-OH is 1. The van der Waals surface area contributed by atoms with Gasteiger partial charge in [-0.15, -0.1) is 0 Å². The molecule has 0 aromatic rings. The second-order valence-electron chi connectivity index (χ2n) is 6.71. The van der Waals surface area contributed by atoms with Crippen LogP contribution < -0.4 is 22.1 Å². The Bertz CT molecular complexity index is 713. The van der Waals surface area contributed by atoms with E-state index in [0.717, 1.165) is 4.90 Å². The molecule has 168 valence electrons. The van der Waals surface area contributed by atoms with Crippen molar-refractivity contribution in [1.29, 1.82) is 0 Å². The van der Waals surface area contributed by atoms with Crippen LogP contribution in [0.25, 0.3) is 0 Å². The van der Waals surface area contributed by atoms with Gasteiger partial charge in [-0.25, -0.2) is 4.79 Å². The van der Waals surface area contributed by atoms with Gasteiger partial charge in [-0.1, -0.05) is 0 Å². The molecule has 30 heavy (non-hydrogen) atoms. The van der Waals surface area contributed by atoms with Gasteiger partial charge in [0.1, 0.15) is 24.2 Å². The zero-order valence-electron chi connectivity index (χ0n) is 15.9. The smallest absolute Gasteiger partial charge is 0.326 e. The molecule has 9 N–H and O–H groups in total. The second kappa shape index (κ2) is 11.1. The predicted molar refractivity (Wildman–Crippen MR) is 97.4 cm³/mol. The summed E-state index contributed by atoms with van der Waals surface area (Å²) in [5, 5.41) is 31.3. The maximum atomic E-state index is 12.8. The van der Waals surface area contributed by atoms with Crippen LogP contribution in [0.4, 0.5) is 0 Å². The van der Waals surface area contributed by atoms with Crippen LogP contribution in [-0.2, 0) is 28.8 Å². The maximum absolute atomic E-state index is 12.8. The van der Waals surface area contributed by atoms with Gasteiger partial charge in [0.05, 0.1) is 19.4 Å². The summed E-state index contributed by atoms with van der Waals surface area (Å²) in [4.78, 5) is 71.5. The molecule has 0 spiro atoms. The lowest BCUT2D eigenvalue weighted by molar-refractivity contribution is -0.147. The molecule has 1 aliphatic rings. The fourth-order valence-corrected chi connectivity index (χ4v) is 2.91. The molecule has 4 atom stereocenters. The van der Waals surface area contributed by atoms with Crippen LogP contribution in [0.3, 0.4) is 0 Å². The zero-order chi connectivity index (χ0) is 23.0. The van der Waals surface area contributed by atoms with Crippen molar-refractivity contribution in [2.75, 3.05) is 13.2 Å². The van der Waals surface area contributed by atoms with Crippen molar-refractivity contribution in [2.45, 2.75) is 49.9 Å². The Kier molecular flexibility index (Phi) is 9.14. The van der Waals surface area contributed by atoms with E-state index in [9.17, 15) is 28.8 Å². The molecule has 14 nitrogen and oxygen atoms in total. The van der Waals surface area contributed by atoms with Gasteiger partial charge in [-0.05, 0) is 12.8 Å². The highest BCUT2D eigenvalue weighted by molar-refractivity contribution is 5.96. The van der Waals surface area contributed by atoms with Crippen molar-refractivity contribution in [2.24, 2.45) is 11.5 Å². The van der Waals surface area contributed by atoms with Crippen molar-refractivity contribution >= 4 is 35.6 Å². The van der Waals surface area contributed by atoms with Gasteiger partial charge in [0, 0.05) is 6.54 Å². The minimum Gasteiger partial charge on any atom is -0.481 e. The van der Waals surface area contributed by atoms with Crippen LogP contribution in [0, 0.1) is 0 Å². The highest BCUT2D eigenvalue weighted by atomic mass is 16.4. The fourth-order valence-electron chi connectivity index (χ4n) is 2.91. The Labute approximate surface area is 170 Å². The molecule has 4 amide bonds. The molecule has 0 aromatic carbocycles. The molecule has 1 aliphatic heterocycles. The summed E-state index contributed by atoms with van der Waals surface area (Å²) in [6.07, 6.45) is -0.933. The number of hydrogen-bond donors (Lipinski definition) is 7. The van der Waals surface area contributed by atoms with Crippen molar-refractivity contribution in [3.63, 3.8) is 0 Å². The number of rotatable bonds is 11. The van der Waals surface area contributed by atoms with Gasteiger partial charge in [0.15, 0.2) is 0 Å². The summed E-state index contributed by atoms with van der Waals surface area (Å²) in [5.41, 5.74) is 10.3. The molecule has 0 radical (unpaired) electrons. The van der Waals surface area contributed by atoms with Crippen molar-refractivity contribution < 1.29 is 44.1 Å². The number of hydrogen-bond acceptors (Lipinski definition) is 8. The Balaban J connectivity index is 2.96. The number of nitrogens with zero attached hydrogens (tertiary/aromatic N) is 1. The lowest BCUT2D eigenvalue weighted by Gasteiger charge is -2.29. The molecule has 0 aromatic heterocycles. The first-order valence-corrected chi connectivity index (χ1v) is 8.98. The quantitative estimate of drug-likeness (QED) is 0.166. The number of nitrogens with one attached hydrogen (secondary N) is 2. The zero-order valence-corrected chi connectivity index (χ0v) is 15.9. The van der Waals surface area contributed by atoms with Crippen molar-refractivity contribution in [3.05, 3.63) is 0 Å². The third kappa shape index (κ3) is 6.97. The van der Waals surface area contributed by atoms with Gasteiger partial charge < -0.3 is 42.3 Å². The number of aliphatic carboxylic acids is 2. The monoisotopic (exact) mass is 431 g/mol. The number of carbonyl (C=O) groups is 6. The minimum absolute atomic E-state index is 0.0581. The topological polar surface area (TPSA) is 242 Å². The first-order valence-electron chi connectivity index (χ1n) is 8.98. The molecule has 0 bridgehead atoms. The first-order chi connectivity index (χ1) is 14.0. The van der Waals surface area contributed by atoms with E-state index >= 15 is 0 Å². The number of primary amides is 1. The largest absolute Gasteiger partial charge is 0.481 e. The van der Waals surface area contributed by atoms with Gasteiger partial charge in [0.2, 0.25) is 23.6 Å².